The Bertz CT molecular complexity index is 1010. The minimum absolute atomic E-state index is 0.0323. The minimum Gasteiger partial charge on any atom is -0.372 e. The number of likely N-dealkylation sites (N-methyl/N-ethyl adjacent to an activating group) is 1. The van der Waals surface area contributed by atoms with Gasteiger partial charge in [0.15, 0.2) is 5.60 Å². The number of carbonyl (C=O) groups is 1. The van der Waals surface area contributed by atoms with E-state index in [1.165, 1.54) is 29.2 Å². The molecule has 1 aliphatic heterocycles. The molecule has 10 heteroatoms. The molecule has 0 fully saturated rings. The van der Waals surface area contributed by atoms with Crippen LogP contribution in [0, 0.1) is 3.57 Å². The Morgan fingerprint density at radius 3 is 2.35 bits per heavy atom. The number of benzene rings is 2. The fourth-order valence-electron chi connectivity index (χ4n) is 3.86. The molecule has 0 aliphatic carbocycles. The summed E-state index contributed by atoms with van der Waals surface area (Å²) in [5.74, 6) is -0.869. The molecule has 1 heterocycles. The maximum Gasteiger partial charge on any atom is 0.416 e. The lowest BCUT2D eigenvalue weighted by atomic mass is 9.84. The number of nitrogens with zero attached hydrogens (tertiary/aromatic N) is 2. The molecule has 4 nitrogen and oxygen atoms in total. The number of carbonyl (C=O) groups excluding carboxylic acids is 1. The van der Waals surface area contributed by atoms with Gasteiger partial charge in [-0.25, -0.2) is 0 Å². The molecule has 2 aromatic rings. The topological polar surface area (TPSA) is 43.8 Å². The predicted molar refractivity (Wildman–Crippen MR) is 124 cm³/mol. The molecule has 0 saturated heterocycles. The molecular weight excluding hydrogens is 567 g/mol. The van der Waals surface area contributed by atoms with Gasteiger partial charge in [-0.05, 0) is 59.9 Å². The second-order valence-corrected chi connectivity index (χ2v) is 9.25. The van der Waals surface area contributed by atoms with E-state index in [9.17, 15) is 23.1 Å². The summed E-state index contributed by atoms with van der Waals surface area (Å²) in [5, 5.41) is 11.8. The van der Waals surface area contributed by atoms with Gasteiger partial charge in [0, 0.05) is 37.8 Å². The molecule has 1 aliphatic rings. The molecule has 1 amide bonds. The third kappa shape index (κ3) is 4.42. The highest BCUT2D eigenvalue weighted by Crippen LogP contribution is 2.52. The third-order valence-electron chi connectivity index (χ3n) is 5.45. The normalized spacial score (nSPS) is 18.8. The Balaban J connectivity index is 2.26. The second-order valence-electron chi connectivity index (χ2n) is 7.16. The number of hydrogen-bond acceptors (Lipinski definition) is 3. The molecule has 1 unspecified atom stereocenters. The van der Waals surface area contributed by atoms with Gasteiger partial charge in [-0.15, -0.1) is 0 Å². The first-order valence-corrected chi connectivity index (χ1v) is 11.4. The van der Waals surface area contributed by atoms with Crippen LogP contribution in [0.2, 0.25) is 10.0 Å². The van der Waals surface area contributed by atoms with Crippen LogP contribution < -0.4 is 4.90 Å². The van der Waals surface area contributed by atoms with E-state index in [-0.39, 0.29) is 27.8 Å². The highest BCUT2D eigenvalue weighted by molar-refractivity contribution is 14.1. The van der Waals surface area contributed by atoms with Crippen molar-refractivity contribution in [1.29, 1.82) is 0 Å². The number of aliphatic hydroxyl groups is 1. The number of fused-ring (bicyclic) bond motifs is 1. The molecule has 0 saturated carbocycles. The molecule has 2 aromatic carbocycles. The van der Waals surface area contributed by atoms with Crippen molar-refractivity contribution in [1.82, 2.24) is 4.90 Å². The Morgan fingerprint density at radius 2 is 1.81 bits per heavy atom. The van der Waals surface area contributed by atoms with E-state index in [1.807, 2.05) is 18.7 Å². The summed E-state index contributed by atoms with van der Waals surface area (Å²) < 4.78 is 42.4. The van der Waals surface area contributed by atoms with Crippen LogP contribution in [0.4, 0.5) is 18.9 Å². The smallest absolute Gasteiger partial charge is 0.372 e. The van der Waals surface area contributed by atoms with Crippen LogP contribution in [-0.2, 0) is 16.6 Å². The fraction of sp³-hybridized carbons (Fsp3) is 0.381. The minimum atomic E-state index is -4.78. The van der Waals surface area contributed by atoms with E-state index in [4.69, 9.17) is 23.2 Å². The molecule has 31 heavy (non-hydrogen) atoms. The Kier molecular flexibility index (Phi) is 7.17. The van der Waals surface area contributed by atoms with Crippen LogP contribution in [0.15, 0.2) is 30.3 Å². The number of amides is 1. The van der Waals surface area contributed by atoms with Gasteiger partial charge in [0.1, 0.15) is 0 Å². The van der Waals surface area contributed by atoms with Crippen LogP contribution in [0.25, 0.3) is 0 Å². The fourth-order valence-corrected chi connectivity index (χ4v) is 5.01. The lowest BCUT2D eigenvalue weighted by molar-refractivity contribution is -0.142. The van der Waals surface area contributed by atoms with E-state index in [0.29, 0.717) is 10.1 Å². The van der Waals surface area contributed by atoms with Gasteiger partial charge >= 0.3 is 6.18 Å². The molecule has 0 radical (unpaired) electrons. The number of alkyl halides is 3. The van der Waals surface area contributed by atoms with Crippen LogP contribution in [0.5, 0.6) is 0 Å². The zero-order chi connectivity index (χ0) is 23.1. The van der Waals surface area contributed by atoms with Crippen molar-refractivity contribution in [3.05, 3.63) is 60.6 Å². The van der Waals surface area contributed by atoms with Crippen LogP contribution in [0.3, 0.4) is 0 Å². The Morgan fingerprint density at radius 1 is 1.16 bits per heavy atom. The first-order valence-electron chi connectivity index (χ1n) is 9.58. The summed E-state index contributed by atoms with van der Waals surface area (Å²) >= 11 is 13.9. The Hall–Kier alpha value is -1.07. The molecule has 0 bridgehead atoms. The van der Waals surface area contributed by atoms with Gasteiger partial charge in [0.2, 0.25) is 0 Å². The number of rotatable bonds is 6. The molecule has 0 aromatic heterocycles. The van der Waals surface area contributed by atoms with Crippen molar-refractivity contribution in [2.75, 3.05) is 31.1 Å². The van der Waals surface area contributed by atoms with Crippen molar-refractivity contribution >= 4 is 57.4 Å². The van der Waals surface area contributed by atoms with Crippen LogP contribution >= 0.6 is 45.8 Å². The second kappa shape index (κ2) is 9.05. The summed E-state index contributed by atoms with van der Waals surface area (Å²) in [7, 11) is 0. The van der Waals surface area contributed by atoms with Gasteiger partial charge in [-0.3, -0.25) is 4.79 Å². The van der Waals surface area contributed by atoms with Crippen molar-refractivity contribution < 1.29 is 23.1 Å². The SMILES string of the molecule is CCN(CC)CCN1C(=O)C(O)(c2ccc(Cl)cc2Cl)c2c1cc(I)cc2C(F)(F)F. The third-order valence-corrected chi connectivity index (χ3v) is 6.62. The largest absolute Gasteiger partial charge is 0.416 e. The summed E-state index contributed by atoms with van der Waals surface area (Å²) in [4.78, 5) is 16.8. The standard InChI is InChI=1S/C21H20Cl2F3IN2O2/c1-3-28(4-2)7-8-29-17-11-13(27)10-15(21(24,25)26)18(17)20(31,19(29)30)14-6-5-12(22)9-16(14)23/h5-6,9-11,31H,3-4,7-8H2,1-2H3. The molecular formula is C21H20Cl2F3IN2O2. The lowest BCUT2D eigenvalue weighted by Crippen LogP contribution is -2.44. The molecule has 168 valence electrons. The monoisotopic (exact) mass is 586 g/mol. The van der Waals surface area contributed by atoms with Gasteiger partial charge in [-0.1, -0.05) is 43.1 Å². The van der Waals surface area contributed by atoms with E-state index < -0.39 is 28.8 Å². The zero-order valence-corrected chi connectivity index (χ0v) is 20.4. The van der Waals surface area contributed by atoms with Crippen molar-refractivity contribution in [3.8, 4) is 0 Å². The number of anilines is 1. The first-order chi connectivity index (χ1) is 14.4. The van der Waals surface area contributed by atoms with Crippen LogP contribution in [0.1, 0.15) is 30.5 Å². The lowest BCUT2D eigenvalue weighted by Gasteiger charge is -2.27. The van der Waals surface area contributed by atoms with Gasteiger partial charge in [0.25, 0.3) is 5.91 Å². The number of hydrogen-bond donors (Lipinski definition) is 1. The van der Waals surface area contributed by atoms with Crippen molar-refractivity contribution in [2.24, 2.45) is 0 Å². The summed E-state index contributed by atoms with van der Waals surface area (Å²) in [6.45, 7) is 5.92. The quantitative estimate of drug-likeness (QED) is 0.452. The van der Waals surface area contributed by atoms with Crippen molar-refractivity contribution in [3.63, 3.8) is 0 Å². The van der Waals surface area contributed by atoms with E-state index in [2.05, 4.69) is 0 Å². The Labute approximate surface area is 202 Å². The zero-order valence-electron chi connectivity index (χ0n) is 16.7. The average Bonchev–Trinajstić information content (AvgIpc) is 2.89. The highest BCUT2D eigenvalue weighted by Gasteiger charge is 2.56. The number of halogens is 6. The predicted octanol–water partition coefficient (Wildman–Crippen LogP) is 5.54. The van der Waals surface area contributed by atoms with E-state index >= 15 is 0 Å². The van der Waals surface area contributed by atoms with Gasteiger partial charge in [-0.2, -0.15) is 13.2 Å². The molecule has 1 N–H and O–H groups in total. The van der Waals surface area contributed by atoms with Gasteiger partial charge in [0.05, 0.1) is 11.3 Å². The van der Waals surface area contributed by atoms with Crippen LogP contribution in [-0.4, -0.2) is 42.1 Å². The molecule has 3 rings (SSSR count). The van der Waals surface area contributed by atoms with E-state index in [0.717, 1.165) is 19.2 Å². The average molecular weight is 587 g/mol. The maximum atomic E-state index is 14.0. The van der Waals surface area contributed by atoms with Gasteiger partial charge < -0.3 is 14.9 Å². The summed E-state index contributed by atoms with van der Waals surface area (Å²) in [6, 6.07) is 6.37. The summed E-state index contributed by atoms with van der Waals surface area (Å²) in [5.41, 5.74) is -4.27. The molecule has 0 spiro atoms. The first kappa shape index (κ1) is 24.6. The van der Waals surface area contributed by atoms with E-state index in [1.54, 1.807) is 22.6 Å². The van der Waals surface area contributed by atoms with Crippen molar-refractivity contribution in [2.45, 2.75) is 25.6 Å². The molecule has 1 atom stereocenters. The maximum absolute atomic E-state index is 14.0. The highest BCUT2D eigenvalue weighted by atomic mass is 127. The summed E-state index contributed by atoms with van der Waals surface area (Å²) in [6.07, 6.45) is -4.78.